The summed E-state index contributed by atoms with van der Waals surface area (Å²) < 4.78 is 11.3. The SMILES string of the molecule is COc1cc2nc3c(c4c2c(c1OC)N(C(C)=O)CC4)CCc1ccccc1-3. The molecule has 5 nitrogen and oxygen atoms in total. The van der Waals surface area contributed by atoms with E-state index < -0.39 is 0 Å². The van der Waals surface area contributed by atoms with Crippen LogP contribution < -0.4 is 14.4 Å². The molecule has 0 saturated heterocycles. The molecule has 5 heteroatoms. The quantitative estimate of drug-likeness (QED) is 0.682. The van der Waals surface area contributed by atoms with Gasteiger partial charge in [-0.25, -0.2) is 4.98 Å². The van der Waals surface area contributed by atoms with Crippen molar-refractivity contribution in [2.45, 2.75) is 26.2 Å². The number of amides is 1. The average molecular weight is 374 g/mol. The lowest BCUT2D eigenvalue weighted by Gasteiger charge is -2.33. The number of carbonyl (C=O) groups excluding carboxylic acids is 1. The molecule has 2 heterocycles. The summed E-state index contributed by atoms with van der Waals surface area (Å²) in [5.74, 6) is 1.20. The normalized spacial score (nSPS) is 14.5. The molecule has 0 N–H and O–H groups in total. The average Bonchev–Trinajstić information content (AvgIpc) is 2.73. The molecule has 0 spiro atoms. The van der Waals surface area contributed by atoms with Gasteiger partial charge < -0.3 is 14.4 Å². The van der Waals surface area contributed by atoms with Gasteiger partial charge in [-0.2, -0.15) is 0 Å². The van der Waals surface area contributed by atoms with Crippen molar-refractivity contribution in [3.63, 3.8) is 0 Å². The molecule has 0 saturated carbocycles. The van der Waals surface area contributed by atoms with Gasteiger partial charge in [-0.1, -0.05) is 24.3 Å². The molecular formula is C23H22N2O3. The molecule has 5 rings (SSSR count). The van der Waals surface area contributed by atoms with Crippen molar-refractivity contribution in [2.24, 2.45) is 0 Å². The van der Waals surface area contributed by atoms with Crippen LogP contribution in [0.4, 0.5) is 5.69 Å². The lowest BCUT2D eigenvalue weighted by molar-refractivity contribution is -0.116. The van der Waals surface area contributed by atoms with Crippen molar-refractivity contribution in [3.05, 3.63) is 47.0 Å². The minimum atomic E-state index is 0.00145. The Morgan fingerprint density at radius 1 is 1.07 bits per heavy atom. The van der Waals surface area contributed by atoms with Gasteiger partial charge in [0.05, 0.1) is 31.1 Å². The maximum Gasteiger partial charge on any atom is 0.223 e. The van der Waals surface area contributed by atoms with E-state index in [4.69, 9.17) is 14.5 Å². The van der Waals surface area contributed by atoms with Crippen LogP contribution in [0.3, 0.4) is 0 Å². The van der Waals surface area contributed by atoms with Crippen LogP contribution in [0.15, 0.2) is 30.3 Å². The summed E-state index contributed by atoms with van der Waals surface area (Å²) in [6.07, 6.45) is 2.81. The van der Waals surface area contributed by atoms with Gasteiger partial charge in [-0.15, -0.1) is 0 Å². The van der Waals surface area contributed by atoms with Gasteiger partial charge in [0.25, 0.3) is 0 Å². The summed E-state index contributed by atoms with van der Waals surface area (Å²) in [5.41, 5.74) is 7.87. The summed E-state index contributed by atoms with van der Waals surface area (Å²) in [7, 11) is 3.24. The molecule has 28 heavy (non-hydrogen) atoms. The zero-order valence-electron chi connectivity index (χ0n) is 16.3. The topological polar surface area (TPSA) is 51.7 Å². The van der Waals surface area contributed by atoms with Crippen LogP contribution in [-0.4, -0.2) is 31.7 Å². The van der Waals surface area contributed by atoms with E-state index in [0.29, 0.717) is 18.0 Å². The van der Waals surface area contributed by atoms with Crippen molar-refractivity contribution >= 4 is 22.5 Å². The lowest BCUT2D eigenvalue weighted by Crippen LogP contribution is -2.34. The molecule has 2 aliphatic rings. The molecule has 142 valence electrons. The van der Waals surface area contributed by atoms with E-state index in [1.807, 2.05) is 6.07 Å². The van der Waals surface area contributed by atoms with Crippen LogP contribution in [-0.2, 0) is 24.1 Å². The Morgan fingerprint density at radius 3 is 2.64 bits per heavy atom. The van der Waals surface area contributed by atoms with Gasteiger partial charge in [0.1, 0.15) is 0 Å². The fraction of sp³-hybridized carbons (Fsp3) is 0.304. The maximum atomic E-state index is 12.4. The predicted molar refractivity (Wildman–Crippen MR) is 109 cm³/mol. The van der Waals surface area contributed by atoms with Crippen molar-refractivity contribution in [2.75, 3.05) is 25.7 Å². The molecule has 3 aromatic rings. The lowest BCUT2D eigenvalue weighted by atomic mass is 9.83. The Kier molecular flexibility index (Phi) is 3.79. The fourth-order valence-corrected chi connectivity index (χ4v) is 4.73. The second-order valence-electron chi connectivity index (χ2n) is 7.35. The van der Waals surface area contributed by atoms with Gasteiger partial charge in [0.2, 0.25) is 5.91 Å². The van der Waals surface area contributed by atoms with E-state index in [1.165, 1.54) is 22.3 Å². The second kappa shape index (κ2) is 6.23. The number of rotatable bonds is 2. The Bertz CT molecular complexity index is 1140. The summed E-state index contributed by atoms with van der Waals surface area (Å²) >= 11 is 0. The minimum absolute atomic E-state index is 0.00145. The van der Waals surface area contributed by atoms with Crippen LogP contribution in [0.5, 0.6) is 11.5 Å². The number of benzene rings is 2. The number of methoxy groups -OCH3 is 2. The number of hydrogen-bond donors (Lipinski definition) is 0. The number of ether oxygens (including phenoxy) is 2. The second-order valence-corrected chi connectivity index (χ2v) is 7.35. The van der Waals surface area contributed by atoms with Crippen LogP contribution in [0.2, 0.25) is 0 Å². The highest BCUT2D eigenvalue weighted by Crippen LogP contribution is 2.49. The number of aryl methyl sites for hydroxylation is 1. The first-order valence-corrected chi connectivity index (χ1v) is 9.60. The number of carbonyl (C=O) groups is 1. The fourth-order valence-electron chi connectivity index (χ4n) is 4.73. The van der Waals surface area contributed by atoms with Gasteiger partial charge in [0.15, 0.2) is 11.5 Å². The van der Waals surface area contributed by atoms with Crippen LogP contribution in [0.1, 0.15) is 23.6 Å². The number of anilines is 1. The number of pyridine rings is 1. The molecule has 2 aromatic carbocycles. The van der Waals surface area contributed by atoms with E-state index in [2.05, 4.69) is 24.3 Å². The molecule has 1 aliphatic heterocycles. The van der Waals surface area contributed by atoms with E-state index in [0.717, 1.165) is 41.5 Å². The number of nitrogens with zero attached hydrogens (tertiary/aromatic N) is 2. The first-order valence-electron chi connectivity index (χ1n) is 9.60. The third-order valence-electron chi connectivity index (χ3n) is 5.96. The zero-order valence-corrected chi connectivity index (χ0v) is 16.3. The van der Waals surface area contributed by atoms with E-state index in [1.54, 1.807) is 26.0 Å². The maximum absolute atomic E-state index is 12.4. The molecular weight excluding hydrogens is 352 g/mol. The molecule has 0 atom stereocenters. The van der Waals surface area contributed by atoms with Gasteiger partial charge in [-0.3, -0.25) is 4.79 Å². The Hall–Kier alpha value is -3.08. The predicted octanol–water partition coefficient (Wildman–Crippen LogP) is 3.93. The highest BCUT2D eigenvalue weighted by Gasteiger charge is 2.32. The Balaban J connectivity index is 1.91. The number of fused-ring (bicyclic) bond motifs is 4. The monoisotopic (exact) mass is 374 g/mol. The first-order chi connectivity index (χ1) is 13.6. The highest BCUT2D eigenvalue weighted by atomic mass is 16.5. The van der Waals surface area contributed by atoms with Crippen LogP contribution in [0, 0.1) is 0 Å². The van der Waals surface area contributed by atoms with E-state index in [9.17, 15) is 4.79 Å². The first kappa shape index (κ1) is 17.0. The van der Waals surface area contributed by atoms with Crippen molar-refractivity contribution in [1.82, 2.24) is 4.98 Å². The molecule has 0 bridgehead atoms. The minimum Gasteiger partial charge on any atom is -0.493 e. The Morgan fingerprint density at radius 2 is 1.89 bits per heavy atom. The van der Waals surface area contributed by atoms with Gasteiger partial charge in [0, 0.05) is 30.5 Å². The van der Waals surface area contributed by atoms with E-state index in [-0.39, 0.29) is 5.91 Å². The highest BCUT2D eigenvalue weighted by molar-refractivity contribution is 6.09. The third-order valence-corrected chi connectivity index (χ3v) is 5.96. The van der Waals surface area contributed by atoms with Crippen molar-refractivity contribution < 1.29 is 14.3 Å². The summed E-state index contributed by atoms with van der Waals surface area (Å²) in [6, 6.07) is 10.4. The van der Waals surface area contributed by atoms with E-state index >= 15 is 0 Å². The largest absolute Gasteiger partial charge is 0.493 e. The number of hydrogen-bond acceptors (Lipinski definition) is 4. The molecule has 0 unspecified atom stereocenters. The number of aromatic nitrogens is 1. The van der Waals surface area contributed by atoms with Gasteiger partial charge in [-0.05, 0) is 36.0 Å². The molecule has 1 aliphatic carbocycles. The standard InChI is InChI=1S/C23H22N2O3/c1-13(26)25-11-10-16-17-9-8-14-6-4-5-7-15(14)21(17)24-18-12-19(27-2)23(28-3)22(25)20(16)18/h4-7,12H,8-11H2,1-3H3. The van der Waals surface area contributed by atoms with Crippen LogP contribution in [0.25, 0.3) is 22.2 Å². The zero-order chi connectivity index (χ0) is 19.4. The molecule has 0 fully saturated rings. The van der Waals surface area contributed by atoms with Crippen molar-refractivity contribution in [3.8, 4) is 22.8 Å². The third kappa shape index (κ3) is 2.25. The van der Waals surface area contributed by atoms with Crippen molar-refractivity contribution in [1.29, 1.82) is 0 Å². The molecule has 1 amide bonds. The molecule has 1 aromatic heterocycles. The summed E-state index contributed by atoms with van der Waals surface area (Å²) in [5, 5.41) is 1.03. The van der Waals surface area contributed by atoms with Gasteiger partial charge >= 0.3 is 0 Å². The van der Waals surface area contributed by atoms with Crippen LogP contribution >= 0.6 is 0 Å². The summed E-state index contributed by atoms with van der Waals surface area (Å²) in [6.45, 7) is 2.23. The summed E-state index contributed by atoms with van der Waals surface area (Å²) in [4.78, 5) is 19.2. The Labute approximate surface area is 163 Å². The smallest absolute Gasteiger partial charge is 0.223 e. The molecule has 0 radical (unpaired) electrons.